The minimum absolute atomic E-state index is 0.153. The molecule has 0 aromatic heterocycles. The van der Waals surface area contributed by atoms with Crippen LogP contribution in [0.3, 0.4) is 0 Å². The first-order valence-corrected chi connectivity index (χ1v) is 12.0. The summed E-state index contributed by atoms with van der Waals surface area (Å²) in [4.78, 5) is 38.5. The number of ether oxygens (including phenoxy) is 2. The number of anilines is 1. The molecule has 7 nitrogen and oxygen atoms in total. The Bertz CT molecular complexity index is 1080. The fraction of sp³-hybridized carbons (Fsp3) is 0.370. The number of imide groups is 2. The molecule has 186 valence electrons. The van der Waals surface area contributed by atoms with Crippen molar-refractivity contribution in [2.24, 2.45) is 0 Å². The average Bonchev–Trinajstić information content (AvgIpc) is 2.83. The van der Waals surface area contributed by atoms with Gasteiger partial charge in [-0.2, -0.15) is 0 Å². The lowest BCUT2D eigenvalue weighted by molar-refractivity contribution is -0.122. The maximum absolute atomic E-state index is 13.3. The van der Waals surface area contributed by atoms with Crippen LogP contribution in [0.25, 0.3) is 6.08 Å². The summed E-state index contributed by atoms with van der Waals surface area (Å²) in [6.45, 7) is 5.03. The first-order valence-electron chi connectivity index (χ1n) is 12.0. The van der Waals surface area contributed by atoms with Gasteiger partial charge in [-0.1, -0.05) is 45.1 Å². The van der Waals surface area contributed by atoms with Gasteiger partial charge in [0.25, 0.3) is 11.8 Å². The van der Waals surface area contributed by atoms with Crippen LogP contribution in [0.2, 0.25) is 0 Å². The Kier molecular flexibility index (Phi) is 9.40. The van der Waals surface area contributed by atoms with Gasteiger partial charge in [-0.05, 0) is 61.4 Å². The third kappa shape index (κ3) is 6.91. The Balaban J connectivity index is 1.75. The third-order valence-corrected chi connectivity index (χ3v) is 5.52. The van der Waals surface area contributed by atoms with Crippen LogP contribution in [0, 0.1) is 5.82 Å². The first kappa shape index (κ1) is 25.9. The van der Waals surface area contributed by atoms with E-state index in [0.29, 0.717) is 30.3 Å². The molecule has 0 unspecified atom stereocenters. The topological polar surface area (TPSA) is 84.9 Å². The molecule has 8 heteroatoms. The van der Waals surface area contributed by atoms with Crippen molar-refractivity contribution in [1.29, 1.82) is 0 Å². The Hall–Kier alpha value is -3.68. The minimum atomic E-state index is -0.891. The van der Waals surface area contributed by atoms with Crippen LogP contribution in [-0.4, -0.2) is 31.1 Å². The highest BCUT2D eigenvalue weighted by Gasteiger charge is 2.36. The van der Waals surface area contributed by atoms with Gasteiger partial charge in [-0.25, -0.2) is 14.1 Å². The summed E-state index contributed by atoms with van der Waals surface area (Å²) in [5.74, 6) is -1.02. The molecule has 1 fully saturated rings. The van der Waals surface area contributed by atoms with E-state index in [0.717, 1.165) is 29.9 Å². The molecule has 2 aromatic rings. The number of carbonyl (C=O) groups is 3. The molecular weight excluding hydrogens is 451 g/mol. The van der Waals surface area contributed by atoms with Crippen LogP contribution >= 0.6 is 0 Å². The predicted molar refractivity (Wildman–Crippen MR) is 132 cm³/mol. The number of benzene rings is 2. The average molecular weight is 483 g/mol. The van der Waals surface area contributed by atoms with E-state index in [1.807, 2.05) is 6.92 Å². The van der Waals surface area contributed by atoms with E-state index in [4.69, 9.17) is 9.47 Å². The Morgan fingerprint density at radius 1 is 0.886 bits per heavy atom. The van der Waals surface area contributed by atoms with Gasteiger partial charge in [-0.3, -0.25) is 14.9 Å². The van der Waals surface area contributed by atoms with E-state index in [2.05, 4.69) is 12.2 Å². The molecule has 0 aliphatic carbocycles. The second kappa shape index (κ2) is 12.7. The summed E-state index contributed by atoms with van der Waals surface area (Å²) in [7, 11) is 0. The lowest BCUT2D eigenvalue weighted by Gasteiger charge is -2.26. The maximum atomic E-state index is 13.3. The van der Waals surface area contributed by atoms with Gasteiger partial charge in [0.2, 0.25) is 0 Å². The van der Waals surface area contributed by atoms with E-state index in [1.54, 1.807) is 18.2 Å². The number of amides is 4. The first-order chi connectivity index (χ1) is 16.9. The van der Waals surface area contributed by atoms with E-state index >= 15 is 0 Å². The summed E-state index contributed by atoms with van der Waals surface area (Å²) in [6, 6.07) is 9.10. The van der Waals surface area contributed by atoms with E-state index < -0.39 is 23.7 Å². The summed E-state index contributed by atoms with van der Waals surface area (Å²) in [5, 5.41) is 2.16. The zero-order valence-corrected chi connectivity index (χ0v) is 20.1. The molecule has 1 heterocycles. The van der Waals surface area contributed by atoms with Crippen molar-refractivity contribution in [2.75, 3.05) is 18.1 Å². The Morgan fingerprint density at radius 2 is 1.60 bits per heavy atom. The van der Waals surface area contributed by atoms with Crippen LogP contribution < -0.4 is 19.7 Å². The van der Waals surface area contributed by atoms with Crippen molar-refractivity contribution >= 4 is 29.6 Å². The summed E-state index contributed by atoms with van der Waals surface area (Å²) in [6.07, 6.45) is 8.33. The summed E-state index contributed by atoms with van der Waals surface area (Å²) in [5.41, 5.74) is 0.463. The number of hydrogen-bond acceptors (Lipinski definition) is 5. The molecular formula is C27H31FN2O5. The number of urea groups is 1. The van der Waals surface area contributed by atoms with Crippen LogP contribution in [0.1, 0.15) is 57.9 Å². The number of unbranched alkanes of at least 4 members (excludes halogenated alkanes) is 5. The molecule has 1 N–H and O–H groups in total. The molecule has 1 aliphatic rings. The number of rotatable bonds is 12. The third-order valence-electron chi connectivity index (χ3n) is 5.52. The smallest absolute Gasteiger partial charge is 0.335 e. The largest absolute Gasteiger partial charge is 0.490 e. The maximum Gasteiger partial charge on any atom is 0.335 e. The van der Waals surface area contributed by atoms with E-state index in [1.165, 1.54) is 43.9 Å². The van der Waals surface area contributed by atoms with Crippen LogP contribution in [0.15, 0.2) is 48.0 Å². The zero-order valence-electron chi connectivity index (χ0n) is 20.1. The van der Waals surface area contributed by atoms with Crippen molar-refractivity contribution in [3.8, 4) is 11.5 Å². The number of nitrogens with zero attached hydrogens (tertiary/aromatic N) is 1. The zero-order chi connectivity index (χ0) is 25.2. The lowest BCUT2D eigenvalue weighted by Crippen LogP contribution is -2.54. The molecule has 4 amide bonds. The number of halogens is 1. The van der Waals surface area contributed by atoms with Crippen molar-refractivity contribution in [2.45, 2.75) is 52.4 Å². The Morgan fingerprint density at radius 3 is 2.31 bits per heavy atom. The Labute approximate surface area is 204 Å². The van der Waals surface area contributed by atoms with Crippen LogP contribution in [0.5, 0.6) is 11.5 Å². The lowest BCUT2D eigenvalue weighted by atomic mass is 10.1. The van der Waals surface area contributed by atoms with Gasteiger partial charge in [0.05, 0.1) is 18.9 Å². The predicted octanol–water partition coefficient (Wildman–Crippen LogP) is 5.63. The fourth-order valence-corrected chi connectivity index (χ4v) is 3.72. The molecule has 0 saturated carbocycles. The van der Waals surface area contributed by atoms with Gasteiger partial charge in [-0.15, -0.1) is 0 Å². The fourth-order valence-electron chi connectivity index (χ4n) is 3.72. The summed E-state index contributed by atoms with van der Waals surface area (Å²) < 4.78 is 24.9. The van der Waals surface area contributed by atoms with Crippen LogP contribution in [0.4, 0.5) is 14.9 Å². The van der Waals surface area contributed by atoms with Gasteiger partial charge < -0.3 is 9.47 Å². The van der Waals surface area contributed by atoms with Crippen molar-refractivity contribution in [3.05, 3.63) is 59.4 Å². The molecule has 0 atom stereocenters. The highest BCUT2D eigenvalue weighted by molar-refractivity contribution is 6.39. The number of nitrogens with one attached hydrogen (secondary N) is 1. The van der Waals surface area contributed by atoms with E-state index in [-0.39, 0.29) is 11.3 Å². The quantitative estimate of drug-likeness (QED) is 0.241. The minimum Gasteiger partial charge on any atom is -0.490 e. The van der Waals surface area contributed by atoms with Gasteiger partial charge >= 0.3 is 6.03 Å². The van der Waals surface area contributed by atoms with Gasteiger partial charge in [0.15, 0.2) is 11.5 Å². The van der Waals surface area contributed by atoms with Crippen molar-refractivity contribution < 1.29 is 28.2 Å². The standard InChI is InChI=1S/C27H31FN2O5/c1-3-5-6-7-8-9-16-35-23-15-10-19(18-24(23)34-4-2)17-22-25(31)29-27(33)30(26(22)32)21-13-11-20(28)12-14-21/h10-15,17-18H,3-9,16H2,1-2H3,(H,29,31,33)/b22-17+. The number of carbonyl (C=O) groups excluding carboxylic acids is 3. The normalized spacial score (nSPS) is 14.9. The van der Waals surface area contributed by atoms with E-state index in [9.17, 15) is 18.8 Å². The van der Waals surface area contributed by atoms with Gasteiger partial charge in [0.1, 0.15) is 11.4 Å². The monoisotopic (exact) mass is 482 g/mol. The SMILES string of the molecule is CCCCCCCCOc1ccc(/C=C2\C(=O)NC(=O)N(c3ccc(F)cc3)C2=O)cc1OCC. The highest BCUT2D eigenvalue weighted by Crippen LogP contribution is 2.30. The molecule has 0 radical (unpaired) electrons. The molecule has 0 spiro atoms. The van der Waals surface area contributed by atoms with Crippen molar-refractivity contribution in [3.63, 3.8) is 0 Å². The van der Waals surface area contributed by atoms with Gasteiger partial charge in [0, 0.05) is 0 Å². The number of barbiturate groups is 1. The molecule has 35 heavy (non-hydrogen) atoms. The number of hydrogen-bond donors (Lipinski definition) is 1. The molecule has 1 saturated heterocycles. The molecule has 2 aromatic carbocycles. The van der Waals surface area contributed by atoms with Crippen LogP contribution in [-0.2, 0) is 9.59 Å². The summed E-state index contributed by atoms with van der Waals surface area (Å²) >= 11 is 0. The molecule has 0 bridgehead atoms. The van der Waals surface area contributed by atoms with Crippen molar-refractivity contribution in [1.82, 2.24) is 5.32 Å². The molecule has 3 rings (SSSR count). The second-order valence-corrected chi connectivity index (χ2v) is 8.19. The highest BCUT2D eigenvalue weighted by atomic mass is 19.1. The molecule has 1 aliphatic heterocycles. The second-order valence-electron chi connectivity index (χ2n) is 8.19.